The highest BCUT2D eigenvalue weighted by Crippen LogP contribution is 2.35. The Morgan fingerprint density at radius 3 is 2.81 bits per heavy atom. The number of hydrogen-bond donors (Lipinski definition) is 0. The molecule has 2 heterocycles. The summed E-state index contributed by atoms with van der Waals surface area (Å²) >= 11 is 3.64. The zero-order valence-electron chi connectivity index (χ0n) is 11.9. The van der Waals surface area contributed by atoms with Crippen molar-refractivity contribution in [2.45, 2.75) is 16.9 Å². The molecule has 1 saturated heterocycles. The molecule has 0 radical (unpaired) electrons. The predicted molar refractivity (Wildman–Crippen MR) is 84.4 cm³/mol. The molecule has 1 aromatic heterocycles. The minimum absolute atomic E-state index is 0.504. The first kappa shape index (κ1) is 14.6. The van der Waals surface area contributed by atoms with Crippen LogP contribution in [0, 0.1) is 0 Å². The molecule has 0 aliphatic carbocycles. The van der Waals surface area contributed by atoms with Crippen molar-refractivity contribution >= 4 is 23.5 Å². The third-order valence-corrected chi connectivity index (χ3v) is 5.67. The molecule has 1 aliphatic rings. The van der Waals surface area contributed by atoms with E-state index in [1.165, 1.54) is 12.2 Å². The minimum Gasteiger partial charge on any atom is -0.493 e. The molecule has 1 aromatic carbocycles. The smallest absolute Gasteiger partial charge is 0.277 e. The summed E-state index contributed by atoms with van der Waals surface area (Å²) in [6, 6.07) is 5.56. The number of hydrogen-bond acceptors (Lipinski definition) is 7. The van der Waals surface area contributed by atoms with Gasteiger partial charge in [-0.25, -0.2) is 0 Å². The maximum atomic E-state index is 5.74. The molecule has 1 atom stereocenters. The van der Waals surface area contributed by atoms with Gasteiger partial charge in [-0.2, -0.15) is 11.8 Å². The predicted octanol–water partition coefficient (Wildman–Crippen LogP) is 3.35. The van der Waals surface area contributed by atoms with E-state index in [0.29, 0.717) is 27.9 Å². The van der Waals surface area contributed by atoms with Gasteiger partial charge in [0.05, 0.1) is 14.2 Å². The highest BCUT2D eigenvalue weighted by molar-refractivity contribution is 8.04. The molecule has 1 fully saturated rings. The molecule has 3 rings (SSSR count). The van der Waals surface area contributed by atoms with Crippen molar-refractivity contribution in [1.29, 1.82) is 0 Å². The Bertz CT molecular complexity index is 612. The molecule has 7 heteroatoms. The Labute approximate surface area is 131 Å². The third-order valence-electron chi connectivity index (χ3n) is 3.19. The Morgan fingerprint density at radius 1 is 1.24 bits per heavy atom. The fourth-order valence-corrected chi connectivity index (χ4v) is 4.59. The van der Waals surface area contributed by atoms with Gasteiger partial charge in [-0.15, -0.1) is 10.2 Å². The number of thioether (sulfide) groups is 2. The van der Waals surface area contributed by atoms with Crippen LogP contribution in [0.15, 0.2) is 27.8 Å². The second kappa shape index (κ2) is 6.62. The topological polar surface area (TPSA) is 57.4 Å². The molecule has 0 N–H and O–H groups in total. The van der Waals surface area contributed by atoms with Gasteiger partial charge in [0.15, 0.2) is 11.5 Å². The van der Waals surface area contributed by atoms with Gasteiger partial charge >= 0.3 is 0 Å². The quantitative estimate of drug-likeness (QED) is 0.836. The van der Waals surface area contributed by atoms with Crippen LogP contribution in [-0.4, -0.2) is 41.2 Å². The summed E-state index contributed by atoms with van der Waals surface area (Å²) in [6.07, 6.45) is 1.20. The largest absolute Gasteiger partial charge is 0.493 e. The lowest BCUT2D eigenvalue weighted by Gasteiger charge is -2.07. The van der Waals surface area contributed by atoms with E-state index >= 15 is 0 Å². The van der Waals surface area contributed by atoms with Gasteiger partial charge < -0.3 is 13.9 Å². The summed E-state index contributed by atoms with van der Waals surface area (Å²) in [6.45, 7) is 0. The van der Waals surface area contributed by atoms with Crippen molar-refractivity contribution in [3.05, 3.63) is 18.2 Å². The molecule has 5 nitrogen and oxygen atoms in total. The van der Waals surface area contributed by atoms with Crippen molar-refractivity contribution in [3.8, 4) is 23.0 Å². The van der Waals surface area contributed by atoms with E-state index in [4.69, 9.17) is 13.9 Å². The lowest BCUT2D eigenvalue weighted by atomic mass is 10.2. The zero-order valence-corrected chi connectivity index (χ0v) is 13.5. The maximum Gasteiger partial charge on any atom is 0.277 e. The molecule has 21 heavy (non-hydrogen) atoms. The number of aromatic nitrogens is 2. The Hall–Kier alpha value is -1.34. The summed E-state index contributed by atoms with van der Waals surface area (Å²) < 4.78 is 16.3. The van der Waals surface area contributed by atoms with E-state index in [-0.39, 0.29) is 0 Å². The molecule has 2 aromatic rings. The fourth-order valence-electron chi connectivity index (χ4n) is 2.09. The van der Waals surface area contributed by atoms with Crippen LogP contribution < -0.4 is 9.47 Å². The van der Waals surface area contributed by atoms with Gasteiger partial charge in [0.1, 0.15) is 0 Å². The number of ether oxygens (including phenoxy) is 2. The summed E-state index contributed by atoms with van der Waals surface area (Å²) in [5.41, 5.74) is 0.827. The van der Waals surface area contributed by atoms with Gasteiger partial charge in [-0.05, 0) is 30.4 Å². The average molecular weight is 324 g/mol. The van der Waals surface area contributed by atoms with Crippen LogP contribution in [0.25, 0.3) is 11.5 Å². The Balaban J connectivity index is 1.78. The second-order valence-corrected chi connectivity index (χ2v) is 6.95. The first-order chi connectivity index (χ1) is 10.3. The van der Waals surface area contributed by atoms with E-state index in [9.17, 15) is 0 Å². The monoisotopic (exact) mass is 324 g/mol. The first-order valence-corrected chi connectivity index (χ1v) is 8.64. The van der Waals surface area contributed by atoms with Crippen molar-refractivity contribution in [1.82, 2.24) is 10.2 Å². The average Bonchev–Trinajstić information content (AvgIpc) is 3.19. The normalized spacial score (nSPS) is 17.9. The number of methoxy groups -OCH3 is 2. The molecule has 0 amide bonds. The Morgan fingerprint density at radius 2 is 2.10 bits per heavy atom. The first-order valence-electron chi connectivity index (χ1n) is 6.60. The lowest BCUT2D eigenvalue weighted by Crippen LogP contribution is -1.98. The Kier molecular flexibility index (Phi) is 4.60. The van der Waals surface area contributed by atoms with Crippen LogP contribution in [0.4, 0.5) is 0 Å². The van der Waals surface area contributed by atoms with Crippen LogP contribution in [0.3, 0.4) is 0 Å². The van der Waals surface area contributed by atoms with Gasteiger partial charge in [0.25, 0.3) is 5.22 Å². The van der Waals surface area contributed by atoms with Gasteiger partial charge in [-0.3, -0.25) is 0 Å². The molecular formula is C14H16N2O3S2. The van der Waals surface area contributed by atoms with E-state index in [1.54, 1.807) is 26.0 Å². The maximum absolute atomic E-state index is 5.74. The number of rotatable bonds is 5. The highest BCUT2D eigenvalue weighted by atomic mass is 32.2. The van der Waals surface area contributed by atoms with Crippen LogP contribution in [0.2, 0.25) is 0 Å². The van der Waals surface area contributed by atoms with E-state index in [2.05, 4.69) is 10.2 Å². The molecule has 0 bridgehead atoms. The zero-order chi connectivity index (χ0) is 14.7. The molecular weight excluding hydrogens is 308 g/mol. The number of nitrogens with zero attached hydrogens (tertiary/aromatic N) is 2. The highest BCUT2D eigenvalue weighted by Gasteiger charge is 2.20. The van der Waals surface area contributed by atoms with E-state index < -0.39 is 0 Å². The lowest BCUT2D eigenvalue weighted by molar-refractivity contribution is 0.355. The van der Waals surface area contributed by atoms with Crippen LogP contribution in [-0.2, 0) is 0 Å². The van der Waals surface area contributed by atoms with Crippen molar-refractivity contribution in [3.63, 3.8) is 0 Å². The van der Waals surface area contributed by atoms with Gasteiger partial charge in [0.2, 0.25) is 5.89 Å². The standard InChI is InChI=1S/C14H16N2O3S2/c1-17-11-4-3-9(7-12(11)18-2)13-15-16-14(19-13)21-10-5-6-20-8-10/h3-4,7,10H,5-6,8H2,1-2H3. The second-order valence-electron chi connectivity index (χ2n) is 4.55. The van der Waals surface area contributed by atoms with Crippen LogP contribution in [0.1, 0.15) is 6.42 Å². The molecule has 0 spiro atoms. The van der Waals surface area contributed by atoms with Crippen LogP contribution >= 0.6 is 23.5 Å². The van der Waals surface area contributed by atoms with Crippen molar-refractivity contribution < 1.29 is 13.9 Å². The molecule has 112 valence electrons. The molecule has 1 aliphatic heterocycles. The van der Waals surface area contributed by atoms with Crippen molar-refractivity contribution in [2.24, 2.45) is 0 Å². The number of benzene rings is 1. The van der Waals surface area contributed by atoms with E-state index in [0.717, 1.165) is 11.3 Å². The summed E-state index contributed by atoms with van der Waals surface area (Å²) in [4.78, 5) is 0. The molecule has 1 unspecified atom stereocenters. The van der Waals surface area contributed by atoms with Gasteiger partial charge in [-0.1, -0.05) is 11.8 Å². The fraction of sp³-hybridized carbons (Fsp3) is 0.429. The minimum atomic E-state index is 0.504. The van der Waals surface area contributed by atoms with Gasteiger partial charge in [0, 0.05) is 16.6 Å². The summed E-state index contributed by atoms with van der Waals surface area (Å²) in [5.74, 6) is 4.20. The van der Waals surface area contributed by atoms with E-state index in [1.807, 2.05) is 30.0 Å². The van der Waals surface area contributed by atoms with Crippen LogP contribution in [0.5, 0.6) is 11.5 Å². The third kappa shape index (κ3) is 3.29. The SMILES string of the molecule is COc1ccc(-c2nnc(SC3CCSC3)o2)cc1OC. The summed E-state index contributed by atoms with van der Waals surface area (Å²) in [5, 5.41) is 9.45. The van der Waals surface area contributed by atoms with Crippen molar-refractivity contribution in [2.75, 3.05) is 25.7 Å². The molecule has 0 saturated carbocycles. The summed E-state index contributed by atoms with van der Waals surface area (Å²) in [7, 11) is 3.22.